The van der Waals surface area contributed by atoms with Crippen molar-refractivity contribution >= 4 is 40.9 Å². The van der Waals surface area contributed by atoms with Crippen LogP contribution >= 0.6 is 11.6 Å². The second-order valence-corrected chi connectivity index (χ2v) is 16.0. The van der Waals surface area contributed by atoms with Gasteiger partial charge < -0.3 is 14.9 Å². The third kappa shape index (κ3) is 6.50. The molecule has 2 aliphatic carbocycles. The zero-order chi connectivity index (χ0) is 41.0. The number of halogens is 2. The molecule has 5 aromatic rings. The van der Waals surface area contributed by atoms with Crippen molar-refractivity contribution in [3.05, 3.63) is 166 Å². The predicted octanol–water partition coefficient (Wildman–Crippen LogP) is 7.70. The Kier molecular flexibility index (Phi) is 9.71. The Morgan fingerprint density at radius 3 is 2.24 bits per heavy atom. The van der Waals surface area contributed by atoms with Crippen LogP contribution in [0.15, 0.2) is 133 Å². The Morgan fingerprint density at radius 2 is 1.53 bits per heavy atom. The first-order valence-corrected chi connectivity index (χ1v) is 19.9. The summed E-state index contributed by atoms with van der Waals surface area (Å²) in [5, 5.41) is 23.2. The Balaban J connectivity index is 1.16. The minimum absolute atomic E-state index is 0.0577. The SMILES string of the molecule is O=C1[C@H]2[C@H](CC=C3[C@H]2C[C@H]2C(=O)N(Nc4ccc(F)cc4)C(=O)[C@@]2(c2ccc(Cl)cc2)[C@H]3c2ccc(OCc3ccccc3)cc2O)C(=O)N1CCc1ccc(O)cc1. The highest BCUT2D eigenvalue weighted by atomic mass is 35.5. The van der Waals surface area contributed by atoms with E-state index in [-0.39, 0.29) is 49.3 Å². The average molecular weight is 812 g/mol. The van der Waals surface area contributed by atoms with Crippen LogP contribution < -0.4 is 10.2 Å². The molecule has 12 heteroatoms. The monoisotopic (exact) mass is 811 g/mol. The number of nitrogens with one attached hydrogen (secondary N) is 1. The van der Waals surface area contributed by atoms with E-state index >= 15 is 4.79 Å². The summed E-state index contributed by atoms with van der Waals surface area (Å²) >= 11 is 6.41. The maximum Gasteiger partial charge on any atom is 0.260 e. The van der Waals surface area contributed by atoms with Gasteiger partial charge in [-0.05, 0) is 96.5 Å². The van der Waals surface area contributed by atoms with Crippen LogP contribution in [0.5, 0.6) is 17.2 Å². The number of likely N-dealkylation sites (tertiary alicyclic amines) is 1. The number of allylic oxidation sites excluding steroid dienone is 2. The highest BCUT2D eigenvalue weighted by Crippen LogP contribution is 2.65. The molecule has 0 unspecified atom stereocenters. The summed E-state index contributed by atoms with van der Waals surface area (Å²) in [4.78, 5) is 60.2. The van der Waals surface area contributed by atoms with Gasteiger partial charge in [0.1, 0.15) is 29.7 Å². The number of aromatic hydroxyl groups is 2. The number of nitrogens with zero attached hydrogens (tertiary/aromatic N) is 2. The number of carbonyl (C=O) groups excluding carboxylic acids is 4. The van der Waals surface area contributed by atoms with E-state index in [0.717, 1.165) is 16.1 Å². The summed E-state index contributed by atoms with van der Waals surface area (Å²) in [7, 11) is 0. The lowest BCUT2D eigenvalue weighted by molar-refractivity contribution is -0.141. The predicted molar refractivity (Wildman–Crippen MR) is 216 cm³/mol. The topological polar surface area (TPSA) is 136 Å². The molecule has 5 aromatic carbocycles. The van der Waals surface area contributed by atoms with E-state index in [1.54, 1.807) is 60.7 Å². The number of fused-ring (bicyclic) bond motifs is 4. The highest BCUT2D eigenvalue weighted by molar-refractivity contribution is 6.30. The largest absolute Gasteiger partial charge is 0.508 e. The maximum atomic E-state index is 15.4. The van der Waals surface area contributed by atoms with Crippen molar-refractivity contribution in [2.24, 2.45) is 23.7 Å². The maximum absolute atomic E-state index is 15.4. The number of benzene rings is 5. The van der Waals surface area contributed by atoms with Gasteiger partial charge in [-0.2, -0.15) is 5.01 Å². The summed E-state index contributed by atoms with van der Waals surface area (Å²) in [5.74, 6) is -6.18. The van der Waals surface area contributed by atoms with Crippen LogP contribution in [-0.4, -0.2) is 50.3 Å². The molecule has 2 heterocycles. The van der Waals surface area contributed by atoms with Gasteiger partial charge in [-0.1, -0.05) is 83.9 Å². The third-order valence-electron chi connectivity index (χ3n) is 12.5. The number of imide groups is 2. The second kappa shape index (κ2) is 15.0. The minimum atomic E-state index is -1.65. The fourth-order valence-corrected chi connectivity index (χ4v) is 9.91. The lowest BCUT2D eigenvalue weighted by Crippen LogP contribution is -2.53. The van der Waals surface area contributed by atoms with Gasteiger partial charge in [0.15, 0.2) is 0 Å². The van der Waals surface area contributed by atoms with E-state index in [0.29, 0.717) is 39.6 Å². The zero-order valence-corrected chi connectivity index (χ0v) is 32.4. The molecule has 6 atom stereocenters. The van der Waals surface area contributed by atoms with Crippen LogP contribution in [-0.2, 0) is 37.6 Å². The molecule has 0 radical (unpaired) electrons. The fraction of sp³-hybridized carbons (Fsp3) is 0.234. The molecule has 0 spiro atoms. The zero-order valence-electron chi connectivity index (χ0n) is 31.6. The van der Waals surface area contributed by atoms with Crippen LogP contribution in [0.4, 0.5) is 10.1 Å². The Labute approximate surface area is 344 Å². The quantitative estimate of drug-likeness (QED) is 0.0965. The molecule has 4 amide bonds. The van der Waals surface area contributed by atoms with Gasteiger partial charge in [0.25, 0.3) is 11.8 Å². The number of hydrogen-bond acceptors (Lipinski definition) is 8. The van der Waals surface area contributed by atoms with Crippen LogP contribution in [0.2, 0.25) is 5.02 Å². The molecule has 3 fully saturated rings. The van der Waals surface area contributed by atoms with E-state index in [2.05, 4.69) is 5.43 Å². The van der Waals surface area contributed by atoms with Crippen molar-refractivity contribution in [3.63, 3.8) is 0 Å². The van der Waals surface area contributed by atoms with Gasteiger partial charge in [-0.25, -0.2) is 4.39 Å². The van der Waals surface area contributed by atoms with Crippen molar-refractivity contribution in [1.82, 2.24) is 9.91 Å². The summed E-state index contributed by atoms with van der Waals surface area (Å²) in [6, 6.07) is 33.1. The summed E-state index contributed by atoms with van der Waals surface area (Å²) in [5.41, 5.74) is 4.86. The number of carbonyl (C=O) groups is 4. The molecule has 0 aromatic heterocycles. The standard InChI is InChI=1S/C47H39ClFN3O7/c48-30-10-8-29(9-11-30)47-39(44(56)52(46(47)58)50-32-14-12-31(49)13-15-32)25-38-35(42(47)36-19-18-34(24-40(36)54)59-26-28-4-2-1-3-5-28)20-21-37-41(38)45(57)51(43(37)55)23-22-27-6-16-33(53)17-7-27/h1-20,24,37-39,41-42,50,53-54H,21-23,25-26H2/t37-,38+,39-,41-,42+,47+/m0/s1. The molecule has 9 rings (SSSR count). The van der Waals surface area contributed by atoms with Gasteiger partial charge >= 0.3 is 0 Å². The number of amides is 4. The Bertz CT molecular complexity index is 2500. The molecule has 4 aliphatic rings. The Morgan fingerprint density at radius 1 is 0.797 bits per heavy atom. The van der Waals surface area contributed by atoms with Gasteiger partial charge in [0.05, 0.1) is 28.9 Å². The molecule has 3 N–H and O–H groups in total. The normalized spacial score (nSPS) is 24.7. The molecule has 298 valence electrons. The first kappa shape index (κ1) is 38.1. The number of anilines is 1. The first-order chi connectivity index (χ1) is 28.5. The molecular formula is C47H39ClFN3O7. The highest BCUT2D eigenvalue weighted by Gasteiger charge is 2.70. The first-order valence-electron chi connectivity index (χ1n) is 19.5. The van der Waals surface area contributed by atoms with E-state index in [1.807, 2.05) is 36.4 Å². The molecule has 10 nitrogen and oxygen atoms in total. The summed E-state index contributed by atoms with van der Waals surface area (Å²) < 4.78 is 20.0. The van der Waals surface area contributed by atoms with Gasteiger partial charge in [0, 0.05) is 29.1 Å². The van der Waals surface area contributed by atoms with Crippen molar-refractivity contribution in [2.75, 3.05) is 12.0 Å². The van der Waals surface area contributed by atoms with E-state index in [1.165, 1.54) is 35.2 Å². The Hall–Kier alpha value is -6.46. The van der Waals surface area contributed by atoms with E-state index < -0.39 is 52.6 Å². The molecular weight excluding hydrogens is 773 g/mol. The van der Waals surface area contributed by atoms with Crippen molar-refractivity contribution in [2.45, 2.75) is 37.2 Å². The molecule has 1 saturated carbocycles. The molecule has 59 heavy (non-hydrogen) atoms. The van der Waals surface area contributed by atoms with Gasteiger partial charge in [-0.15, -0.1) is 0 Å². The van der Waals surface area contributed by atoms with Crippen LogP contribution in [0.3, 0.4) is 0 Å². The number of rotatable bonds is 10. The number of phenols is 2. The van der Waals surface area contributed by atoms with Gasteiger partial charge in [-0.3, -0.25) is 29.5 Å². The number of hydrazine groups is 1. The molecule has 2 saturated heterocycles. The van der Waals surface area contributed by atoms with Crippen LogP contribution in [0.1, 0.15) is 41.0 Å². The minimum Gasteiger partial charge on any atom is -0.508 e. The van der Waals surface area contributed by atoms with Crippen LogP contribution in [0.25, 0.3) is 0 Å². The molecule has 0 bridgehead atoms. The summed E-state index contributed by atoms with van der Waals surface area (Å²) in [6.45, 7) is 0.379. The average Bonchev–Trinajstić information content (AvgIpc) is 3.61. The lowest BCUT2D eigenvalue weighted by Gasteiger charge is -2.50. The lowest BCUT2D eigenvalue weighted by atomic mass is 9.49. The summed E-state index contributed by atoms with van der Waals surface area (Å²) in [6.07, 6.45) is 2.58. The fourth-order valence-electron chi connectivity index (χ4n) is 9.79. The van der Waals surface area contributed by atoms with Crippen molar-refractivity contribution < 1.29 is 38.5 Å². The van der Waals surface area contributed by atoms with E-state index in [9.17, 15) is 29.0 Å². The second-order valence-electron chi connectivity index (χ2n) is 15.6. The van der Waals surface area contributed by atoms with Crippen molar-refractivity contribution in [1.29, 1.82) is 0 Å². The van der Waals surface area contributed by atoms with Crippen LogP contribution in [0, 0.1) is 29.5 Å². The number of hydrogen-bond donors (Lipinski definition) is 3. The number of ether oxygens (including phenoxy) is 1. The third-order valence-corrected chi connectivity index (χ3v) is 12.7. The molecule has 2 aliphatic heterocycles. The number of phenolic OH excluding ortho intramolecular Hbond substituents is 2. The van der Waals surface area contributed by atoms with E-state index in [4.69, 9.17) is 16.3 Å². The van der Waals surface area contributed by atoms with Gasteiger partial charge in [0.2, 0.25) is 11.8 Å². The smallest absolute Gasteiger partial charge is 0.260 e. The van der Waals surface area contributed by atoms with Crippen molar-refractivity contribution in [3.8, 4) is 17.2 Å².